The molecule has 0 radical (unpaired) electrons. The summed E-state index contributed by atoms with van der Waals surface area (Å²) in [6.07, 6.45) is 2.95. The van der Waals surface area contributed by atoms with E-state index in [4.69, 9.17) is 9.47 Å². The van der Waals surface area contributed by atoms with Crippen molar-refractivity contribution in [3.63, 3.8) is 0 Å². The Morgan fingerprint density at radius 3 is 2.62 bits per heavy atom. The first-order valence-electron chi connectivity index (χ1n) is 6.83. The molecular formula is C15H21BrO4S. The van der Waals surface area contributed by atoms with E-state index in [1.54, 1.807) is 36.4 Å². The van der Waals surface area contributed by atoms with Crippen LogP contribution in [0.15, 0.2) is 46.7 Å². The highest BCUT2D eigenvalue weighted by molar-refractivity contribution is 9.09. The normalized spacial score (nSPS) is 13.6. The van der Waals surface area contributed by atoms with Crippen LogP contribution in [0.5, 0.6) is 0 Å². The van der Waals surface area contributed by atoms with Gasteiger partial charge in [-0.15, -0.1) is 0 Å². The fourth-order valence-corrected chi connectivity index (χ4v) is 3.01. The summed E-state index contributed by atoms with van der Waals surface area (Å²) in [5, 5.41) is 2.06. The minimum absolute atomic E-state index is 0.166. The Hall–Kier alpha value is -0.690. The minimum atomic E-state index is -3.42. The zero-order valence-electron chi connectivity index (χ0n) is 12.1. The third kappa shape index (κ3) is 7.22. The van der Waals surface area contributed by atoms with Crippen LogP contribution in [0.25, 0.3) is 0 Å². The lowest BCUT2D eigenvalue weighted by Gasteiger charge is -2.13. The van der Waals surface area contributed by atoms with Gasteiger partial charge in [0.15, 0.2) is 9.84 Å². The van der Waals surface area contributed by atoms with Crippen LogP contribution < -0.4 is 0 Å². The first-order chi connectivity index (χ1) is 10.1. The van der Waals surface area contributed by atoms with Crippen LogP contribution in [0.3, 0.4) is 0 Å². The minimum Gasteiger partial charge on any atom is -0.356 e. The van der Waals surface area contributed by atoms with E-state index in [0.717, 1.165) is 18.2 Å². The smallest absolute Gasteiger partial charge is 0.199 e. The van der Waals surface area contributed by atoms with Crippen molar-refractivity contribution < 1.29 is 17.9 Å². The van der Waals surface area contributed by atoms with Gasteiger partial charge < -0.3 is 9.47 Å². The lowest BCUT2D eigenvalue weighted by molar-refractivity contribution is -0.0733. The molecule has 0 saturated heterocycles. The zero-order valence-corrected chi connectivity index (χ0v) is 14.5. The Labute approximate surface area is 135 Å². The fraction of sp³-hybridized carbons (Fsp3) is 0.467. The van der Waals surface area contributed by atoms with Crippen molar-refractivity contribution in [3.05, 3.63) is 41.8 Å². The zero-order chi connectivity index (χ0) is 15.6. The van der Waals surface area contributed by atoms with Gasteiger partial charge in [0.1, 0.15) is 6.79 Å². The second kappa shape index (κ2) is 10.1. The molecule has 0 bridgehead atoms. The largest absolute Gasteiger partial charge is 0.356 e. The van der Waals surface area contributed by atoms with Gasteiger partial charge in [-0.2, -0.15) is 0 Å². The highest BCUT2D eigenvalue weighted by atomic mass is 79.9. The fourth-order valence-electron chi connectivity index (χ4n) is 1.61. The van der Waals surface area contributed by atoms with Crippen LogP contribution in [0.1, 0.15) is 19.8 Å². The highest BCUT2D eigenvalue weighted by Gasteiger charge is 2.11. The summed E-state index contributed by atoms with van der Waals surface area (Å²) in [5.41, 5.74) is 0. The van der Waals surface area contributed by atoms with E-state index >= 15 is 0 Å². The molecule has 1 unspecified atom stereocenters. The molecule has 0 N–H and O–H groups in total. The standard InChI is InChI=1S/C15H21BrO4S/c1-2-19-13-20-14(7-6-11-16)10-12-21(17,18)15-8-4-3-5-9-15/h3-5,8-10,12,14H,2,6-7,11,13H2,1H3/b12-10+. The Bertz CT molecular complexity index is 514. The van der Waals surface area contributed by atoms with Gasteiger partial charge in [-0.05, 0) is 38.0 Å². The summed E-state index contributed by atoms with van der Waals surface area (Å²) < 4.78 is 35.0. The van der Waals surface area contributed by atoms with E-state index in [0.29, 0.717) is 6.61 Å². The van der Waals surface area contributed by atoms with Gasteiger partial charge in [-0.1, -0.05) is 34.1 Å². The average Bonchev–Trinajstić information content (AvgIpc) is 2.50. The molecule has 6 heteroatoms. The molecule has 1 atom stereocenters. The molecule has 0 aliphatic carbocycles. The second-order valence-electron chi connectivity index (χ2n) is 4.33. The molecule has 118 valence electrons. The van der Waals surface area contributed by atoms with Gasteiger partial charge in [-0.3, -0.25) is 0 Å². The lowest BCUT2D eigenvalue weighted by Crippen LogP contribution is -2.13. The number of hydrogen-bond acceptors (Lipinski definition) is 4. The van der Waals surface area contributed by atoms with Crippen LogP contribution in [0, 0.1) is 0 Å². The quantitative estimate of drug-likeness (QED) is 0.356. The third-order valence-corrected chi connectivity index (χ3v) is 4.74. The molecule has 0 spiro atoms. The van der Waals surface area contributed by atoms with E-state index < -0.39 is 9.84 Å². The Morgan fingerprint density at radius 1 is 1.29 bits per heavy atom. The van der Waals surface area contributed by atoms with Crippen molar-refractivity contribution in [1.29, 1.82) is 0 Å². The molecule has 0 aromatic heterocycles. The highest BCUT2D eigenvalue weighted by Crippen LogP contribution is 2.13. The van der Waals surface area contributed by atoms with Gasteiger partial charge in [0.05, 0.1) is 11.0 Å². The van der Waals surface area contributed by atoms with Crippen molar-refractivity contribution >= 4 is 25.8 Å². The molecule has 1 aromatic rings. The van der Waals surface area contributed by atoms with Crippen molar-refractivity contribution in [3.8, 4) is 0 Å². The number of sulfone groups is 1. The van der Waals surface area contributed by atoms with Crippen molar-refractivity contribution in [2.24, 2.45) is 0 Å². The number of ether oxygens (including phenoxy) is 2. The van der Waals surface area contributed by atoms with Gasteiger partial charge in [-0.25, -0.2) is 8.42 Å². The topological polar surface area (TPSA) is 52.6 Å². The molecule has 21 heavy (non-hydrogen) atoms. The van der Waals surface area contributed by atoms with Gasteiger partial charge in [0.25, 0.3) is 0 Å². The predicted molar refractivity (Wildman–Crippen MR) is 87.2 cm³/mol. The first kappa shape index (κ1) is 18.4. The van der Waals surface area contributed by atoms with E-state index in [-0.39, 0.29) is 17.8 Å². The van der Waals surface area contributed by atoms with Gasteiger partial charge >= 0.3 is 0 Å². The molecule has 1 rings (SSSR count). The number of halogens is 1. The molecule has 4 nitrogen and oxygen atoms in total. The van der Waals surface area contributed by atoms with Crippen LogP contribution in [-0.2, 0) is 19.3 Å². The van der Waals surface area contributed by atoms with Crippen LogP contribution in [0.2, 0.25) is 0 Å². The van der Waals surface area contributed by atoms with E-state index in [1.165, 1.54) is 5.41 Å². The number of benzene rings is 1. The lowest BCUT2D eigenvalue weighted by atomic mass is 10.2. The van der Waals surface area contributed by atoms with Crippen LogP contribution in [-0.4, -0.2) is 33.3 Å². The summed E-state index contributed by atoms with van der Waals surface area (Å²) in [6.45, 7) is 2.61. The number of rotatable bonds is 10. The van der Waals surface area contributed by atoms with E-state index in [9.17, 15) is 8.42 Å². The number of alkyl halides is 1. The second-order valence-corrected chi connectivity index (χ2v) is 6.96. The van der Waals surface area contributed by atoms with Crippen molar-refractivity contribution in [2.75, 3.05) is 18.7 Å². The van der Waals surface area contributed by atoms with E-state index in [1.807, 2.05) is 6.92 Å². The summed E-state index contributed by atoms with van der Waals surface area (Å²) in [6, 6.07) is 8.35. The SMILES string of the molecule is CCOCOC(/C=C/S(=O)(=O)c1ccccc1)CCCBr. The molecule has 1 aromatic carbocycles. The summed E-state index contributed by atoms with van der Waals surface area (Å²) in [4.78, 5) is 0.283. The first-order valence-corrected chi connectivity index (χ1v) is 9.50. The predicted octanol–water partition coefficient (Wildman–Crippen LogP) is 3.53. The monoisotopic (exact) mass is 376 g/mol. The molecule has 0 amide bonds. The van der Waals surface area contributed by atoms with Crippen molar-refractivity contribution in [1.82, 2.24) is 0 Å². The Balaban J connectivity index is 2.71. The van der Waals surface area contributed by atoms with Crippen molar-refractivity contribution in [2.45, 2.75) is 30.8 Å². The van der Waals surface area contributed by atoms with Gasteiger partial charge in [0, 0.05) is 17.3 Å². The molecule has 0 aliphatic heterocycles. The molecule has 0 heterocycles. The van der Waals surface area contributed by atoms with Crippen LogP contribution >= 0.6 is 15.9 Å². The maximum atomic E-state index is 12.2. The third-order valence-electron chi connectivity index (χ3n) is 2.74. The maximum absolute atomic E-state index is 12.2. The maximum Gasteiger partial charge on any atom is 0.199 e. The molecular weight excluding hydrogens is 356 g/mol. The summed E-state index contributed by atoms with van der Waals surface area (Å²) in [5.74, 6) is 0. The summed E-state index contributed by atoms with van der Waals surface area (Å²) >= 11 is 3.36. The van der Waals surface area contributed by atoms with Gasteiger partial charge in [0.2, 0.25) is 0 Å². The number of hydrogen-bond donors (Lipinski definition) is 0. The molecule has 0 fully saturated rings. The Kier molecular flexibility index (Phi) is 8.84. The Morgan fingerprint density at radius 2 is 2.00 bits per heavy atom. The molecule has 0 aliphatic rings. The average molecular weight is 377 g/mol. The summed E-state index contributed by atoms with van der Waals surface area (Å²) in [7, 11) is -3.42. The van der Waals surface area contributed by atoms with Crippen LogP contribution in [0.4, 0.5) is 0 Å². The molecule has 0 saturated carbocycles. The van der Waals surface area contributed by atoms with E-state index in [2.05, 4.69) is 15.9 Å².